The number of pyridine rings is 1. The molecule has 2 aromatic carbocycles. The molecule has 3 N–H and O–H groups in total. The van der Waals surface area contributed by atoms with Gasteiger partial charge >= 0.3 is 0 Å². The summed E-state index contributed by atoms with van der Waals surface area (Å²) >= 11 is 1.46. The molecule has 4 aromatic rings. The lowest BCUT2D eigenvalue weighted by molar-refractivity contribution is 0.415. The molecule has 6 heteroatoms. The zero-order valence-corrected chi connectivity index (χ0v) is 17.2. The van der Waals surface area contributed by atoms with Crippen LogP contribution in [0.15, 0.2) is 66.9 Å². The number of rotatable bonds is 8. The zero-order valence-electron chi connectivity index (χ0n) is 16.3. The summed E-state index contributed by atoms with van der Waals surface area (Å²) in [5.74, 6) is 0.870. The highest BCUT2D eigenvalue weighted by Gasteiger charge is 2.14. The van der Waals surface area contributed by atoms with Crippen molar-refractivity contribution in [2.75, 3.05) is 13.7 Å². The fourth-order valence-corrected chi connectivity index (χ4v) is 4.07. The van der Waals surface area contributed by atoms with Crippen molar-refractivity contribution in [3.8, 4) is 16.9 Å². The molecule has 0 amide bonds. The predicted molar refractivity (Wildman–Crippen MR) is 119 cm³/mol. The van der Waals surface area contributed by atoms with E-state index in [2.05, 4.69) is 51.1 Å². The van der Waals surface area contributed by atoms with Crippen molar-refractivity contribution >= 4 is 21.7 Å². The molecule has 0 radical (unpaired) electrons. The fraction of sp³-hybridized carbons (Fsp3) is 0.217. The van der Waals surface area contributed by atoms with Crippen LogP contribution in [0.5, 0.6) is 5.75 Å². The van der Waals surface area contributed by atoms with E-state index in [1.165, 1.54) is 28.2 Å². The standard InChI is InChI=1S/C23H24N4OS/c1-28-19-10-8-18(9-11-19)17-6-4-16(5-7-17)15-25-14-12-20(24)22-23-21(29-27-22)3-2-13-26-23/h2-11,13,20,25H,12,14-15,24H2,1H3. The fourth-order valence-electron chi connectivity index (χ4n) is 3.27. The number of ether oxygens (including phenoxy) is 1. The lowest BCUT2D eigenvalue weighted by Crippen LogP contribution is -2.21. The lowest BCUT2D eigenvalue weighted by atomic mass is 10.0. The lowest BCUT2D eigenvalue weighted by Gasteiger charge is -2.11. The molecule has 0 saturated carbocycles. The van der Waals surface area contributed by atoms with Gasteiger partial charge in [0.25, 0.3) is 0 Å². The Balaban J connectivity index is 1.28. The minimum Gasteiger partial charge on any atom is -0.497 e. The van der Waals surface area contributed by atoms with Crippen molar-refractivity contribution < 1.29 is 4.74 Å². The van der Waals surface area contributed by atoms with E-state index in [0.29, 0.717) is 0 Å². The molecule has 0 spiro atoms. The van der Waals surface area contributed by atoms with Crippen LogP contribution < -0.4 is 15.8 Å². The molecule has 0 aliphatic carbocycles. The van der Waals surface area contributed by atoms with E-state index >= 15 is 0 Å². The molecule has 0 saturated heterocycles. The molecule has 2 heterocycles. The number of benzene rings is 2. The van der Waals surface area contributed by atoms with E-state index in [0.717, 1.165) is 41.2 Å². The van der Waals surface area contributed by atoms with Crippen LogP contribution in [-0.4, -0.2) is 23.0 Å². The van der Waals surface area contributed by atoms with Crippen LogP contribution in [0.2, 0.25) is 0 Å². The van der Waals surface area contributed by atoms with Gasteiger partial charge in [-0.3, -0.25) is 4.98 Å². The molecular formula is C23H24N4OS. The Hall–Kier alpha value is -2.80. The minimum absolute atomic E-state index is 0.108. The van der Waals surface area contributed by atoms with Crippen molar-refractivity contribution in [3.63, 3.8) is 0 Å². The molecule has 0 fully saturated rings. The second-order valence-electron chi connectivity index (χ2n) is 6.92. The number of aromatic nitrogens is 2. The number of hydrogen-bond acceptors (Lipinski definition) is 6. The van der Waals surface area contributed by atoms with Crippen LogP contribution >= 0.6 is 11.5 Å². The summed E-state index contributed by atoms with van der Waals surface area (Å²) in [4.78, 5) is 4.42. The summed E-state index contributed by atoms with van der Waals surface area (Å²) in [6.45, 7) is 1.64. The summed E-state index contributed by atoms with van der Waals surface area (Å²) < 4.78 is 10.8. The second-order valence-corrected chi connectivity index (χ2v) is 7.72. The molecule has 29 heavy (non-hydrogen) atoms. The van der Waals surface area contributed by atoms with Crippen molar-refractivity contribution in [2.24, 2.45) is 5.73 Å². The van der Waals surface area contributed by atoms with Gasteiger partial charge in [-0.05, 0) is 65.5 Å². The van der Waals surface area contributed by atoms with Gasteiger partial charge < -0.3 is 15.8 Å². The summed E-state index contributed by atoms with van der Waals surface area (Å²) in [6, 6.07) is 20.6. The number of nitrogens with two attached hydrogens (primary N) is 1. The van der Waals surface area contributed by atoms with E-state index in [1.807, 2.05) is 24.3 Å². The Morgan fingerprint density at radius 2 is 1.76 bits per heavy atom. The average Bonchev–Trinajstić information content (AvgIpc) is 3.21. The van der Waals surface area contributed by atoms with E-state index in [1.54, 1.807) is 13.3 Å². The molecule has 0 aliphatic rings. The van der Waals surface area contributed by atoms with Crippen molar-refractivity contribution in [2.45, 2.75) is 19.0 Å². The van der Waals surface area contributed by atoms with Gasteiger partial charge in [-0.1, -0.05) is 36.4 Å². The third-order valence-electron chi connectivity index (χ3n) is 4.95. The highest BCUT2D eigenvalue weighted by atomic mass is 32.1. The van der Waals surface area contributed by atoms with E-state index in [-0.39, 0.29) is 6.04 Å². The quantitative estimate of drug-likeness (QED) is 0.422. The van der Waals surface area contributed by atoms with Gasteiger partial charge in [0.15, 0.2) is 0 Å². The SMILES string of the molecule is COc1ccc(-c2ccc(CNCCC(N)c3nsc4cccnc34)cc2)cc1. The van der Waals surface area contributed by atoms with Gasteiger partial charge in [-0.2, -0.15) is 4.37 Å². The first-order valence-corrected chi connectivity index (χ1v) is 10.4. The number of nitrogens with zero attached hydrogens (tertiary/aromatic N) is 2. The van der Waals surface area contributed by atoms with Crippen molar-refractivity contribution in [1.29, 1.82) is 0 Å². The molecule has 1 atom stereocenters. The Morgan fingerprint density at radius 3 is 2.48 bits per heavy atom. The van der Waals surface area contributed by atoms with Gasteiger partial charge in [0.05, 0.1) is 23.5 Å². The van der Waals surface area contributed by atoms with Crippen LogP contribution in [0.3, 0.4) is 0 Å². The molecule has 0 aliphatic heterocycles. The molecule has 4 rings (SSSR count). The monoisotopic (exact) mass is 404 g/mol. The Labute approximate surface area is 174 Å². The van der Waals surface area contributed by atoms with Gasteiger partial charge in [0, 0.05) is 12.7 Å². The van der Waals surface area contributed by atoms with Crippen LogP contribution in [0.4, 0.5) is 0 Å². The zero-order chi connectivity index (χ0) is 20.1. The third kappa shape index (κ3) is 4.62. The number of nitrogens with one attached hydrogen (secondary N) is 1. The maximum absolute atomic E-state index is 6.35. The first kappa shape index (κ1) is 19.5. The summed E-state index contributed by atoms with van der Waals surface area (Å²) in [5, 5.41) is 3.48. The third-order valence-corrected chi connectivity index (χ3v) is 5.76. The van der Waals surface area contributed by atoms with Crippen LogP contribution in [0.1, 0.15) is 23.7 Å². The van der Waals surface area contributed by atoms with Crippen molar-refractivity contribution in [1.82, 2.24) is 14.7 Å². The molecule has 1 unspecified atom stereocenters. The van der Waals surface area contributed by atoms with Gasteiger partial charge in [0.1, 0.15) is 11.3 Å². The van der Waals surface area contributed by atoms with Crippen LogP contribution in [-0.2, 0) is 6.54 Å². The van der Waals surface area contributed by atoms with Crippen LogP contribution in [0.25, 0.3) is 21.3 Å². The Bertz CT molecular complexity index is 1060. The van der Waals surface area contributed by atoms with E-state index in [9.17, 15) is 0 Å². The minimum atomic E-state index is -0.108. The van der Waals surface area contributed by atoms with Gasteiger partial charge in [-0.25, -0.2) is 0 Å². The highest BCUT2D eigenvalue weighted by Crippen LogP contribution is 2.25. The number of methoxy groups -OCH3 is 1. The second kappa shape index (κ2) is 9.13. The average molecular weight is 405 g/mol. The molecule has 2 aromatic heterocycles. The maximum atomic E-state index is 6.35. The van der Waals surface area contributed by atoms with E-state index in [4.69, 9.17) is 10.5 Å². The number of hydrogen-bond donors (Lipinski definition) is 2. The molecule has 148 valence electrons. The van der Waals surface area contributed by atoms with E-state index < -0.39 is 0 Å². The smallest absolute Gasteiger partial charge is 0.118 e. The first-order valence-electron chi connectivity index (χ1n) is 9.64. The van der Waals surface area contributed by atoms with Gasteiger partial charge in [0.2, 0.25) is 0 Å². The number of fused-ring (bicyclic) bond motifs is 1. The Kier molecular flexibility index (Phi) is 6.14. The molecule has 0 bridgehead atoms. The van der Waals surface area contributed by atoms with Crippen LogP contribution in [0, 0.1) is 0 Å². The first-order chi connectivity index (χ1) is 14.2. The topological polar surface area (TPSA) is 73.1 Å². The van der Waals surface area contributed by atoms with Crippen molar-refractivity contribution in [3.05, 3.63) is 78.1 Å². The molecule has 5 nitrogen and oxygen atoms in total. The summed E-state index contributed by atoms with van der Waals surface area (Å²) in [5.41, 5.74) is 11.8. The maximum Gasteiger partial charge on any atom is 0.118 e. The highest BCUT2D eigenvalue weighted by molar-refractivity contribution is 7.13. The summed E-state index contributed by atoms with van der Waals surface area (Å²) in [6.07, 6.45) is 2.61. The predicted octanol–water partition coefficient (Wildman–Crippen LogP) is 4.55. The Morgan fingerprint density at radius 1 is 1.03 bits per heavy atom. The molecular weight excluding hydrogens is 380 g/mol. The largest absolute Gasteiger partial charge is 0.497 e. The normalized spacial score (nSPS) is 12.2. The van der Waals surface area contributed by atoms with Gasteiger partial charge in [-0.15, -0.1) is 0 Å². The summed E-state index contributed by atoms with van der Waals surface area (Å²) in [7, 11) is 1.68.